The van der Waals surface area contributed by atoms with Crippen LogP contribution in [-0.2, 0) is 11.2 Å². The number of rotatable bonds is 6. The van der Waals surface area contributed by atoms with Crippen molar-refractivity contribution in [1.29, 1.82) is 5.26 Å². The van der Waals surface area contributed by atoms with Gasteiger partial charge in [-0.15, -0.1) is 0 Å². The number of nitrogens with zero attached hydrogens (tertiary/aromatic N) is 1. The zero-order valence-corrected chi connectivity index (χ0v) is 15.1. The second-order valence-electron chi connectivity index (χ2n) is 6.26. The molecule has 2 amide bonds. The minimum absolute atomic E-state index is 0.309. The predicted molar refractivity (Wildman–Crippen MR) is 108 cm³/mol. The molecule has 0 aliphatic carbocycles. The molecule has 0 spiro atoms. The first-order valence-electron chi connectivity index (χ1n) is 8.86. The first kappa shape index (κ1) is 18.9. The maximum Gasteiger partial charge on any atom is 0.251 e. The van der Waals surface area contributed by atoms with E-state index in [2.05, 4.69) is 10.6 Å². The Labute approximate surface area is 163 Å². The van der Waals surface area contributed by atoms with Gasteiger partial charge in [0.15, 0.2) is 0 Å². The average molecular weight is 369 g/mol. The highest BCUT2D eigenvalue weighted by atomic mass is 16.2. The molecule has 0 radical (unpaired) electrons. The lowest BCUT2D eigenvalue weighted by atomic mass is 10.0. The lowest BCUT2D eigenvalue weighted by Crippen LogP contribution is -2.45. The summed E-state index contributed by atoms with van der Waals surface area (Å²) in [6, 6.07) is 26.2. The fourth-order valence-electron chi connectivity index (χ4n) is 2.75. The van der Waals surface area contributed by atoms with E-state index in [4.69, 9.17) is 5.26 Å². The molecule has 3 rings (SSSR count). The summed E-state index contributed by atoms with van der Waals surface area (Å²) in [7, 11) is 0. The summed E-state index contributed by atoms with van der Waals surface area (Å²) in [6.45, 7) is 0. The molecule has 1 atom stereocenters. The molecule has 3 aromatic rings. The normalized spacial score (nSPS) is 11.1. The van der Waals surface area contributed by atoms with Gasteiger partial charge in [0.05, 0.1) is 11.6 Å². The van der Waals surface area contributed by atoms with E-state index >= 15 is 0 Å². The molecule has 0 unspecified atom stereocenters. The van der Waals surface area contributed by atoms with Crippen molar-refractivity contribution in [3.05, 3.63) is 102 Å². The fourth-order valence-corrected chi connectivity index (χ4v) is 2.75. The molecular formula is C23H19N3O2. The Bertz CT molecular complexity index is 978. The van der Waals surface area contributed by atoms with Crippen molar-refractivity contribution < 1.29 is 9.59 Å². The molecule has 0 saturated heterocycles. The van der Waals surface area contributed by atoms with Crippen LogP contribution in [0.4, 0.5) is 5.69 Å². The van der Waals surface area contributed by atoms with Gasteiger partial charge in [-0.25, -0.2) is 0 Å². The first-order valence-corrected chi connectivity index (χ1v) is 8.86. The van der Waals surface area contributed by atoms with Gasteiger partial charge in [-0.2, -0.15) is 5.26 Å². The van der Waals surface area contributed by atoms with Crippen molar-refractivity contribution in [3.8, 4) is 6.07 Å². The van der Waals surface area contributed by atoms with Gasteiger partial charge < -0.3 is 10.6 Å². The molecule has 138 valence electrons. The van der Waals surface area contributed by atoms with Crippen LogP contribution < -0.4 is 10.6 Å². The molecule has 5 heteroatoms. The number of carbonyl (C=O) groups excluding carboxylic acids is 2. The molecule has 0 aliphatic heterocycles. The number of hydrogen-bond acceptors (Lipinski definition) is 3. The Balaban J connectivity index is 1.77. The minimum Gasteiger partial charge on any atom is -0.340 e. The van der Waals surface area contributed by atoms with Crippen LogP contribution in [0.15, 0.2) is 84.9 Å². The Hall–Kier alpha value is -3.91. The second-order valence-corrected chi connectivity index (χ2v) is 6.26. The van der Waals surface area contributed by atoms with E-state index in [0.717, 1.165) is 5.56 Å². The maximum absolute atomic E-state index is 12.8. The molecule has 0 fully saturated rings. The molecule has 5 nitrogen and oxygen atoms in total. The molecule has 0 heterocycles. The number of amides is 2. The van der Waals surface area contributed by atoms with Crippen LogP contribution in [0.25, 0.3) is 0 Å². The van der Waals surface area contributed by atoms with Crippen LogP contribution in [0.5, 0.6) is 0 Å². The summed E-state index contributed by atoms with van der Waals surface area (Å²) in [5.74, 6) is -0.630. The fraction of sp³-hybridized carbons (Fsp3) is 0.0870. The van der Waals surface area contributed by atoms with E-state index in [1.165, 1.54) is 0 Å². The Morgan fingerprint density at radius 2 is 1.46 bits per heavy atom. The van der Waals surface area contributed by atoms with Gasteiger partial charge in [-0.1, -0.05) is 48.5 Å². The zero-order chi connectivity index (χ0) is 19.8. The van der Waals surface area contributed by atoms with Crippen LogP contribution in [0, 0.1) is 11.3 Å². The highest BCUT2D eigenvalue weighted by molar-refractivity contribution is 6.01. The molecular weight excluding hydrogens is 350 g/mol. The lowest BCUT2D eigenvalue weighted by Gasteiger charge is -2.19. The van der Waals surface area contributed by atoms with Crippen LogP contribution in [-0.4, -0.2) is 17.9 Å². The van der Waals surface area contributed by atoms with Gasteiger partial charge in [0.25, 0.3) is 5.91 Å². The monoisotopic (exact) mass is 369 g/mol. The van der Waals surface area contributed by atoms with Crippen LogP contribution in [0.3, 0.4) is 0 Å². The van der Waals surface area contributed by atoms with Crippen LogP contribution >= 0.6 is 0 Å². The number of nitriles is 1. The summed E-state index contributed by atoms with van der Waals surface area (Å²) >= 11 is 0. The highest BCUT2D eigenvalue weighted by Gasteiger charge is 2.22. The molecule has 0 aromatic heterocycles. The average Bonchev–Trinajstić information content (AvgIpc) is 2.75. The van der Waals surface area contributed by atoms with Gasteiger partial charge in [-0.05, 0) is 42.0 Å². The lowest BCUT2D eigenvalue weighted by molar-refractivity contribution is -0.118. The van der Waals surface area contributed by atoms with E-state index in [0.29, 0.717) is 23.2 Å². The van der Waals surface area contributed by atoms with Gasteiger partial charge in [0.1, 0.15) is 6.04 Å². The Morgan fingerprint density at radius 3 is 2.07 bits per heavy atom. The summed E-state index contributed by atoms with van der Waals surface area (Å²) < 4.78 is 0. The molecule has 0 aliphatic rings. The zero-order valence-electron chi connectivity index (χ0n) is 15.1. The molecule has 28 heavy (non-hydrogen) atoms. The van der Waals surface area contributed by atoms with Gasteiger partial charge in [0.2, 0.25) is 5.91 Å². The Morgan fingerprint density at radius 1 is 0.857 bits per heavy atom. The number of nitrogens with one attached hydrogen (secondary N) is 2. The van der Waals surface area contributed by atoms with Gasteiger partial charge in [0, 0.05) is 17.7 Å². The highest BCUT2D eigenvalue weighted by Crippen LogP contribution is 2.11. The van der Waals surface area contributed by atoms with Crippen molar-refractivity contribution in [1.82, 2.24) is 5.32 Å². The Kier molecular flexibility index (Phi) is 6.17. The standard InChI is InChI=1S/C23H19N3O2/c24-16-18-11-13-20(14-12-18)25-23(28)21(15-17-7-3-1-4-8-17)26-22(27)19-9-5-2-6-10-19/h1-14,21H,15H2,(H,25,28)(H,26,27)/t21-/m1/s1. The van der Waals surface area contributed by atoms with E-state index in [1.807, 2.05) is 42.5 Å². The van der Waals surface area contributed by atoms with Crippen LogP contribution in [0.2, 0.25) is 0 Å². The van der Waals surface area contributed by atoms with Gasteiger partial charge >= 0.3 is 0 Å². The summed E-state index contributed by atoms with van der Waals surface area (Å²) in [6.07, 6.45) is 0.363. The first-order chi connectivity index (χ1) is 13.7. The molecule has 0 bridgehead atoms. The topological polar surface area (TPSA) is 82.0 Å². The molecule has 0 saturated carbocycles. The van der Waals surface area contributed by atoms with E-state index in [1.54, 1.807) is 48.5 Å². The smallest absolute Gasteiger partial charge is 0.251 e. The van der Waals surface area contributed by atoms with Gasteiger partial charge in [-0.3, -0.25) is 9.59 Å². The van der Waals surface area contributed by atoms with Crippen molar-refractivity contribution in [3.63, 3.8) is 0 Å². The molecule has 3 aromatic carbocycles. The van der Waals surface area contributed by atoms with E-state index < -0.39 is 6.04 Å². The van der Waals surface area contributed by atoms with Crippen LogP contribution in [0.1, 0.15) is 21.5 Å². The predicted octanol–water partition coefficient (Wildman–Crippen LogP) is 3.54. The summed E-state index contributed by atoms with van der Waals surface area (Å²) in [5.41, 5.74) is 2.51. The van der Waals surface area contributed by atoms with Crippen molar-refractivity contribution >= 4 is 17.5 Å². The second kappa shape index (κ2) is 9.15. The van der Waals surface area contributed by atoms with E-state index in [9.17, 15) is 9.59 Å². The number of carbonyl (C=O) groups is 2. The number of anilines is 1. The van der Waals surface area contributed by atoms with Crippen molar-refractivity contribution in [2.24, 2.45) is 0 Å². The number of benzene rings is 3. The van der Waals surface area contributed by atoms with E-state index in [-0.39, 0.29) is 11.8 Å². The maximum atomic E-state index is 12.8. The van der Waals surface area contributed by atoms with Crippen molar-refractivity contribution in [2.75, 3.05) is 5.32 Å². The third kappa shape index (κ3) is 5.05. The minimum atomic E-state index is -0.745. The number of hydrogen-bond donors (Lipinski definition) is 2. The summed E-state index contributed by atoms with van der Waals surface area (Å²) in [4.78, 5) is 25.4. The van der Waals surface area contributed by atoms with Crippen molar-refractivity contribution in [2.45, 2.75) is 12.5 Å². The SMILES string of the molecule is N#Cc1ccc(NC(=O)[C@@H](Cc2ccccc2)NC(=O)c2ccccc2)cc1. The largest absolute Gasteiger partial charge is 0.340 e. The third-order valence-electron chi connectivity index (χ3n) is 4.22. The third-order valence-corrected chi connectivity index (χ3v) is 4.22. The molecule has 2 N–H and O–H groups in total. The quantitative estimate of drug-likeness (QED) is 0.697. The summed E-state index contributed by atoms with van der Waals surface area (Å²) in [5, 5.41) is 14.5.